The van der Waals surface area contributed by atoms with Crippen LogP contribution in [0.1, 0.15) is 40.3 Å². The first-order chi connectivity index (χ1) is 17.5. The molecule has 0 aliphatic heterocycles. The van der Waals surface area contributed by atoms with E-state index in [0.29, 0.717) is 39.9 Å². The third kappa shape index (κ3) is 5.11. The SMILES string of the molecule is Cc1c(C(=O)Nc2cc(Cl)ccc2Oc2ccccc2)oc2c1/C(=N/Nc1ccc(F)cc1)CCC2. The number of halogens is 2. The lowest BCUT2D eigenvalue weighted by molar-refractivity contribution is 0.0993. The predicted molar refractivity (Wildman–Crippen MR) is 139 cm³/mol. The summed E-state index contributed by atoms with van der Waals surface area (Å²) in [6.07, 6.45) is 2.28. The quantitative estimate of drug-likeness (QED) is 0.266. The number of hydrogen-bond donors (Lipinski definition) is 2. The molecule has 0 bridgehead atoms. The van der Waals surface area contributed by atoms with E-state index in [4.69, 9.17) is 20.8 Å². The van der Waals surface area contributed by atoms with Gasteiger partial charge in [-0.15, -0.1) is 0 Å². The van der Waals surface area contributed by atoms with Crippen molar-refractivity contribution in [2.75, 3.05) is 10.7 Å². The lowest BCUT2D eigenvalue weighted by Crippen LogP contribution is -2.15. The molecule has 4 aromatic rings. The number of nitrogens with zero attached hydrogens (tertiary/aromatic N) is 1. The van der Waals surface area contributed by atoms with Crippen molar-refractivity contribution < 1.29 is 18.3 Å². The highest BCUT2D eigenvalue weighted by atomic mass is 35.5. The monoisotopic (exact) mass is 503 g/mol. The van der Waals surface area contributed by atoms with E-state index in [1.807, 2.05) is 37.3 Å². The standard InChI is InChI=1S/C28H23ClFN3O3/c1-17-26-22(33-32-20-13-11-19(30)12-14-20)8-5-9-25(26)36-27(17)28(34)31-23-16-18(29)10-15-24(23)35-21-6-3-2-4-7-21/h2-4,6-7,10-16,32H,5,8-9H2,1H3,(H,31,34)/b33-22+. The molecule has 0 atom stereocenters. The number of carbonyl (C=O) groups is 1. The predicted octanol–water partition coefficient (Wildman–Crippen LogP) is 7.58. The zero-order valence-corrected chi connectivity index (χ0v) is 20.2. The van der Waals surface area contributed by atoms with Crippen molar-refractivity contribution in [1.29, 1.82) is 0 Å². The minimum absolute atomic E-state index is 0.210. The van der Waals surface area contributed by atoms with Crippen molar-refractivity contribution in [3.63, 3.8) is 0 Å². The summed E-state index contributed by atoms with van der Waals surface area (Å²) in [5.41, 5.74) is 6.39. The van der Waals surface area contributed by atoms with Gasteiger partial charge in [0, 0.05) is 22.6 Å². The molecule has 0 radical (unpaired) electrons. The summed E-state index contributed by atoms with van der Waals surface area (Å²) in [5.74, 6) is 1.30. The Morgan fingerprint density at radius 3 is 2.61 bits per heavy atom. The number of furan rings is 1. The number of para-hydroxylation sites is 1. The minimum atomic E-state index is -0.409. The maximum Gasteiger partial charge on any atom is 0.291 e. The smallest absolute Gasteiger partial charge is 0.291 e. The lowest BCUT2D eigenvalue weighted by Gasteiger charge is -2.14. The van der Waals surface area contributed by atoms with Crippen LogP contribution in [-0.4, -0.2) is 11.6 Å². The highest BCUT2D eigenvalue weighted by Crippen LogP contribution is 2.34. The minimum Gasteiger partial charge on any atom is -0.455 e. The molecule has 182 valence electrons. The van der Waals surface area contributed by atoms with Crippen molar-refractivity contribution in [2.45, 2.75) is 26.2 Å². The fourth-order valence-corrected chi connectivity index (χ4v) is 4.31. The second kappa shape index (κ2) is 10.3. The van der Waals surface area contributed by atoms with Crippen LogP contribution in [0, 0.1) is 12.7 Å². The number of aryl methyl sites for hydroxylation is 1. The van der Waals surface area contributed by atoms with E-state index in [2.05, 4.69) is 15.8 Å². The molecule has 1 heterocycles. The molecule has 3 aromatic carbocycles. The number of rotatable bonds is 6. The second-order valence-corrected chi connectivity index (χ2v) is 8.83. The Hall–Kier alpha value is -4.10. The zero-order valence-electron chi connectivity index (χ0n) is 19.5. The lowest BCUT2D eigenvalue weighted by atomic mass is 9.93. The second-order valence-electron chi connectivity index (χ2n) is 8.39. The van der Waals surface area contributed by atoms with Gasteiger partial charge in [-0.05, 0) is 74.4 Å². The van der Waals surface area contributed by atoms with Crippen LogP contribution in [0.15, 0.2) is 82.3 Å². The molecular formula is C28H23ClFN3O3. The first-order valence-electron chi connectivity index (χ1n) is 11.5. The third-order valence-corrected chi connectivity index (χ3v) is 6.09. The maximum absolute atomic E-state index is 13.3. The Morgan fingerprint density at radius 1 is 1.06 bits per heavy atom. The fraction of sp³-hybridized carbons (Fsp3) is 0.143. The Morgan fingerprint density at radius 2 is 1.83 bits per heavy atom. The summed E-state index contributed by atoms with van der Waals surface area (Å²) >= 11 is 6.20. The normalized spacial score (nSPS) is 13.8. The van der Waals surface area contributed by atoms with Gasteiger partial charge < -0.3 is 14.5 Å². The molecular weight excluding hydrogens is 481 g/mol. The van der Waals surface area contributed by atoms with E-state index >= 15 is 0 Å². The van der Waals surface area contributed by atoms with Crippen molar-refractivity contribution >= 4 is 34.6 Å². The Bertz CT molecular complexity index is 1430. The largest absolute Gasteiger partial charge is 0.455 e. The number of carbonyl (C=O) groups excluding carboxylic acids is 1. The molecule has 5 rings (SSSR count). The van der Waals surface area contributed by atoms with Gasteiger partial charge in [-0.2, -0.15) is 5.10 Å². The van der Waals surface area contributed by atoms with Crippen LogP contribution < -0.4 is 15.5 Å². The number of hydrogen-bond acceptors (Lipinski definition) is 5. The summed E-state index contributed by atoms with van der Waals surface area (Å²) in [6.45, 7) is 1.84. The highest BCUT2D eigenvalue weighted by molar-refractivity contribution is 6.31. The van der Waals surface area contributed by atoms with Gasteiger partial charge in [-0.1, -0.05) is 29.8 Å². The van der Waals surface area contributed by atoms with Crippen molar-refractivity contribution in [2.24, 2.45) is 5.10 Å². The van der Waals surface area contributed by atoms with Gasteiger partial charge in [0.15, 0.2) is 11.5 Å². The van der Waals surface area contributed by atoms with Crippen LogP contribution in [0.5, 0.6) is 11.5 Å². The molecule has 0 saturated carbocycles. The topological polar surface area (TPSA) is 75.9 Å². The number of ether oxygens (including phenoxy) is 1. The fourth-order valence-electron chi connectivity index (χ4n) is 4.14. The van der Waals surface area contributed by atoms with Crippen LogP contribution >= 0.6 is 11.6 Å². The molecule has 1 aromatic heterocycles. The van der Waals surface area contributed by atoms with Crippen LogP contribution in [0.25, 0.3) is 0 Å². The molecule has 0 saturated heterocycles. The van der Waals surface area contributed by atoms with Gasteiger partial charge in [-0.3, -0.25) is 10.2 Å². The molecule has 2 N–H and O–H groups in total. The number of hydrazone groups is 1. The summed E-state index contributed by atoms with van der Waals surface area (Å²) < 4.78 is 25.2. The average Bonchev–Trinajstić information content (AvgIpc) is 3.23. The molecule has 0 fully saturated rings. The molecule has 0 unspecified atom stereocenters. The summed E-state index contributed by atoms with van der Waals surface area (Å²) in [6, 6.07) is 20.3. The first kappa shape index (κ1) is 23.6. The van der Waals surface area contributed by atoms with Crippen molar-refractivity contribution in [3.05, 3.63) is 106 Å². The molecule has 1 aliphatic rings. The molecule has 1 amide bonds. The summed E-state index contributed by atoms with van der Waals surface area (Å²) in [5, 5.41) is 7.87. The van der Waals surface area contributed by atoms with Gasteiger partial charge in [-0.25, -0.2) is 4.39 Å². The van der Waals surface area contributed by atoms with E-state index in [-0.39, 0.29) is 11.6 Å². The van der Waals surface area contributed by atoms with Gasteiger partial charge in [0.1, 0.15) is 17.3 Å². The number of anilines is 2. The number of fused-ring (bicyclic) bond motifs is 1. The number of benzene rings is 3. The molecule has 1 aliphatic carbocycles. The number of amides is 1. The van der Waals surface area contributed by atoms with Crippen LogP contribution in [0.4, 0.5) is 15.8 Å². The van der Waals surface area contributed by atoms with Gasteiger partial charge in [0.2, 0.25) is 0 Å². The van der Waals surface area contributed by atoms with Crippen LogP contribution in [0.2, 0.25) is 5.02 Å². The number of nitrogens with one attached hydrogen (secondary N) is 2. The van der Waals surface area contributed by atoms with Crippen LogP contribution in [-0.2, 0) is 6.42 Å². The molecule has 6 nitrogen and oxygen atoms in total. The molecule has 8 heteroatoms. The molecule has 36 heavy (non-hydrogen) atoms. The van der Waals surface area contributed by atoms with E-state index in [1.54, 1.807) is 30.3 Å². The van der Waals surface area contributed by atoms with Crippen molar-refractivity contribution in [1.82, 2.24) is 0 Å². The Labute approximate surface area is 212 Å². The van der Waals surface area contributed by atoms with E-state index < -0.39 is 5.91 Å². The Balaban J connectivity index is 1.40. The van der Waals surface area contributed by atoms with Gasteiger partial charge in [0.25, 0.3) is 5.91 Å². The van der Waals surface area contributed by atoms with Gasteiger partial charge in [0.05, 0.1) is 17.1 Å². The van der Waals surface area contributed by atoms with E-state index in [9.17, 15) is 9.18 Å². The average molecular weight is 504 g/mol. The first-order valence-corrected chi connectivity index (χ1v) is 11.9. The molecule has 0 spiro atoms. The van der Waals surface area contributed by atoms with Crippen LogP contribution in [0.3, 0.4) is 0 Å². The zero-order chi connectivity index (χ0) is 25.1. The maximum atomic E-state index is 13.3. The summed E-state index contributed by atoms with van der Waals surface area (Å²) in [4.78, 5) is 13.3. The summed E-state index contributed by atoms with van der Waals surface area (Å²) in [7, 11) is 0. The van der Waals surface area contributed by atoms with E-state index in [1.165, 1.54) is 12.1 Å². The highest BCUT2D eigenvalue weighted by Gasteiger charge is 2.28. The van der Waals surface area contributed by atoms with Crippen molar-refractivity contribution in [3.8, 4) is 11.5 Å². The van der Waals surface area contributed by atoms with E-state index in [0.717, 1.165) is 29.9 Å². The van der Waals surface area contributed by atoms with Gasteiger partial charge >= 0.3 is 0 Å². The Kier molecular flexibility index (Phi) is 6.73. The third-order valence-electron chi connectivity index (χ3n) is 5.86.